The molecule has 0 spiro atoms. The molecule has 0 aromatic heterocycles. The number of carbonyl (C=O) groups is 2. The number of rotatable bonds is 4. The van der Waals surface area contributed by atoms with Crippen LogP contribution in [0.15, 0.2) is 30.3 Å². The van der Waals surface area contributed by atoms with Crippen molar-refractivity contribution in [3.63, 3.8) is 0 Å². The molecule has 1 aliphatic carbocycles. The maximum Gasteiger partial charge on any atom is 0.228 e. The number of hydrogen-bond donors (Lipinski definition) is 0. The Morgan fingerprint density at radius 1 is 1.17 bits per heavy atom. The van der Waals surface area contributed by atoms with Gasteiger partial charge < -0.3 is 9.80 Å². The smallest absolute Gasteiger partial charge is 0.228 e. The zero-order valence-corrected chi connectivity index (χ0v) is 13.9. The van der Waals surface area contributed by atoms with E-state index in [1.54, 1.807) is 4.90 Å². The molecule has 124 valence electrons. The second-order valence-electron chi connectivity index (χ2n) is 6.92. The minimum atomic E-state index is -0.168. The van der Waals surface area contributed by atoms with E-state index in [1.807, 2.05) is 42.3 Å². The second kappa shape index (κ2) is 7.16. The third-order valence-electron chi connectivity index (χ3n) is 5.16. The highest BCUT2D eigenvalue weighted by atomic mass is 16.2. The van der Waals surface area contributed by atoms with Gasteiger partial charge in [-0.2, -0.15) is 0 Å². The predicted molar refractivity (Wildman–Crippen MR) is 89.6 cm³/mol. The zero-order chi connectivity index (χ0) is 16.2. The molecule has 2 aliphatic rings. The molecule has 0 N–H and O–H groups in total. The number of likely N-dealkylation sites (tertiary alicyclic amines) is 1. The van der Waals surface area contributed by atoms with Crippen molar-refractivity contribution in [3.05, 3.63) is 35.9 Å². The molecule has 23 heavy (non-hydrogen) atoms. The van der Waals surface area contributed by atoms with Crippen molar-refractivity contribution in [1.82, 2.24) is 9.80 Å². The Bertz CT molecular complexity index is 552. The first-order valence-corrected chi connectivity index (χ1v) is 8.73. The first-order chi connectivity index (χ1) is 11.1. The van der Waals surface area contributed by atoms with Crippen molar-refractivity contribution in [1.29, 1.82) is 0 Å². The summed E-state index contributed by atoms with van der Waals surface area (Å²) in [4.78, 5) is 28.7. The lowest BCUT2D eigenvalue weighted by atomic mass is 9.94. The lowest BCUT2D eigenvalue weighted by Gasteiger charge is -2.31. The van der Waals surface area contributed by atoms with Crippen molar-refractivity contribution in [2.75, 3.05) is 13.6 Å². The summed E-state index contributed by atoms with van der Waals surface area (Å²) in [6.07, 6.45) is 6.29. The molecule has 1 aromatic rings. The average Bonchev–Trinajstić information content (AvgIpc) is 2.97. The largest absolute Gasteiger partial charge is 0.341 e. The molecule has 1 heterocycles. The lowest BCUT2D eigenvalue weighted by Crippen LogP contribution is -2.39. The van der Waals surface area contributed by atoms with Gasteiger partial charge in [-0.3, -0.25) is 9.59 Å². The van der Waals surface area contributed by atoms with Crippen LogP contribution in [0.5, 0.6) is 0 Å². The van der Waals surface area contributed by atoms with Gasteiger partial charge >= 0.3 is 0 Å². The third-order valence-corrected chi connectivity index (χ3v) is 5.16. The summed E-state index contributed by atoms with van der Waals surface area (Å²) >= 11 is 0. The topological polar surface area (TPSA) is 40.6 Å². The van der Waals surface area contributed by atoms with E-state index in [4.69, 9.17) is 0 Å². The van der Waals surface area contributed by atoms with Crippen molar-refractivity contribution in [2.24, 2.45) is 5.92 Å². The van der Waals surface area contributed by atoms with Gasteiger partial charge in [0.2, 0.25) is 11.8 Å². The molecule has 0 bridgehead atoms. The Balaban J connectivity index is 1.58. The molecule has 2 amide bonds. The first kappa shape index (κ1) is 16.0. The van der Waals surface area contributed by atoms with Gasteiger partial charge in [0.05, 0.1) is 5.92 Å². The van der Waals surface area contributed by atoms with E-state index in [2.05, 4.69) is 0 Å². The molecular formula is C19H26N2O2. The number of hydrogen-bond acceptors (Lipinski definition) is 2. The van der Waals surface area contributed by atoms with Crippen molar-refractivity contribution >= 4 is 11.8 Å². The SMILES string of the molecule is CN(Cc1ccccc1)C(=O)[C@H]1CC(=O)N(C2CCCCC2)C1. The standard InChI is InChI=1S/C19H26N2O2/c1-20(13-15-8-4-2-5-9-15)19(23)16-12-18(22)21(14-16)17-10-6-3-7-11-17/h2,4-5,8-9,16-17H,3,6-7,10-14H2,1H3/t16-/m0/s1. The zero-order valence-electron chi connectivity index (χ0n) is 13.9. The van der Waals surface area contributed by atoms with Gasteiger partial charge in [-0.25, -0.2) is 0 Å². The molecule has 4 heteroatoms. The Labute approximate surface area is 138 Å². The maximum atomic E-state index is 12.7. The average molecular weight is 314 g/mol. The van der Waals surface area contributed by atoms with Crippen LogP contribution in [0, 0.1) is 5.92 Å². The maximum absolute atomic E-state index is 12.7. The Kier molecular flexibility index (Phi) is 4.99. The van der Waals surface area contributed by atoms with Crippen LogP contribution in [0.2, 0.25) is 0 Å². The van der Waals surface area contributed by atoms with E-state index >= 15 is 0 Å². The highest BCUT2D eigenvalue weighted by Crippen LogP contribution is 2.29. The summed E-state index contributed by atoms with van der Waals surface area (Å²) in [5, 5.41) is 0. The van der Waals surface area contributed by atoms with E-state index in [9.17, 15) is 9.59 Å². The van der Waals surface area contributed by atoms with Crippen LogP contribution >= 0.6 is 0 Å². The quantitative estimate of drug-likeness (QED) is 0.857. The Morgan fingerprint density at radius 3 is 2.57 bits per heavy atom. The number of benzene rings is 1. The van der Waals surface area contributed by atoms with Crippen molar-refractivity contribution in [2.45, 2.75) is 51.1 Å². The minimum Gasteiger partial charge on any atom is -0.341 e. The van der Waals surface area contributed by atoms with Crippen LogP contribution in [0.4, 0.5) is 0 Å². The predicted octanol–water partition coefficient (Wildman–Crippen LogP) is 2.83. The van der Waals surface area contributed by atoms with E-state index in [1.165, 1.54) is 19.3 Å². The molecule has 0 unspecified atom stereocenters. The minimum absolute atomic E-state index is 0.0977. The molecular weight excluding hydrogens is 288 g/mol. The molecule has 2 fully saturated rings. The van der Waals surface area contributed by atoms with Crippen LogP contribution in [0.3, 0.4) is 0 Å². The number of amides is 2. The van der Waals surface area contributed by atoms with Crippen LogP contribution < -0.4 is 0 Å². The number of carbonyl (C=O) groups excluding carboxylic acids is 2. The van der Waals surface area contributed by atoms with Gasteiger partial charge in [0.1, 0.15) is 0 Å². The normalized spacial score (nSPS) is 22.4. The molecule has 0 radical (unpaired) electrons. The monoisotopic (exact) mass is 314 g/mol. The molecule has 1 aliphatic heterocycles. The van der Waals surface area contributed by atoms with Crippen LogP contribution in [-0.2, 0) is 16.1 Å². The fourth-order valence-electron chi connectivity index (χ4n) is 3.89. The van der Waals surface area contributed by atoms with E-state index in [0.29, 0.717) is 25.6 Å². The van der Waals surface area contributed by atoms with Gasteiger partial charge in [0.15, 0.2) is 0 Å². The van der Waals surface area contributed by atoms with Crippen LogP contribution in [0.1, 0.15) is 44.1 Å². The van der Waals surface area contributed by atoms with E-state index in [0.717, 1.165) is 18.4 Å². The fraction of sp³-hybridized carbons (Fsp3) is 0.579. The van der Waals surface area contributed by atoms with E-state index in [-0.39, 0.29) is 17.7 Å². The van der Waals surface area contributed by atoms with Gasteiger partial charge in [0, 0.05) is 32.6 Å². The van der Waals surface area contributed by atoms with Gasteiger partial charge in [0.25, 0.3) is 0 Å². The van der Waals surface area contributed by atoms with Crippen LogP contribution in [-0.4, -0.2) is 41.2 Å². The van der Waals surface area contributed by atoms with Gasteiger partial charge in [-0.1, -0.05) is 49.6 Å². The molecule has 3 rings (SSSR count). The van der Waals surface area contributed by atoms with Crippen molar-refractivity contribution in [3.8, 4) is 0 Å². The first-order valence-electron chi connectivity index (χ1n) is 8.73. The molecule has 4 nitrogen and oxygen atoms in total. The van der Waals surface area contributed by atoms with Crippen molar-refractivity contribution < 1.29 is 9.59 Å². The summed E-state index contributed by atoms with van der Waals surface area (Å²) in [5.41, 5.74) is 1.12. The Hall–Kier alpha value is -1.84. The number of nitrogens with zero attached hydrogens (tertiary/aromatic N) is 2. The molecule has 1 aromatic carbocycles. The summed E-state index contributed by atoms with van der Waals surface area (Å²) in [6, 6.07) is 10.4. The summed E-state index contributed by atoms with van der Waals surface area (Å²) in [5.74, 6) is 0.0991. The summed E-state index contributed by atoms with van der Waals surface area (Å²) < 4.78 is 0. The summed E-state index contributed by atoms with van der Waals surface area (Å²) in [6.45, 7) is 1.22. The van der Waals surface area contributed by atoms with Gasteiger partial charge in [-0.05, 0) is 18.4 Å². The molecule has 1 saturated heterocycles. The Morgan fingerprint density at radius 2 is 1.87 bits per heavy atom. The second-order valence-corrected chi connectivity index (χ2v) is 6.92. The third kappa shape index (κ3) is 3.74. The lowest BCUT2D eigenvalue weighted by molar-refractivity contribution is -0.135. The van der Waals surface area contributed by atoms with E-state index < -0.39 is 0 Å². The highest BCUT2D eigenvalue weighted by molar-refractivity contribution is 5.89. The molecule has 1 saturated carbocycles. The van der Waals surface area contributed by atoms with Crippen LogP contribution in [0.25, 0.3) is 0 Å². The fourth-order valence-corrected chi connectivity index (χ4v) is 3.89. The van der Waals surface area contributed by atoms with Gasteiger partial charge in [-0.15, -0.1) is 0 Å². The summed E-state index contributed by atoms with van der Waals surface area (Å²) in [7, 11) is 1.84. The molecule has 1 atom stereocenters. The highest BCUT2D eigenvalue weighted by Gasteiger charge is 2.39.